The zero-order valence-corrected chi connectivity index (χ0v) is 13.6. The van der Waals surface area contributed by atoms with Crippen LogP contribution in [0, 0.1) is 5.92 Å². The topological polar surface area (TPSA) is 38.5 Å². The summed E-state index contributed by atoms with van der Waals surface area (Å²) in [6, 6.07) is 7.23. The third-order valence-electron chi connectivity index (χ3n) is 4.36. The van der Waals surface area contributed by atoms with Crippen molar-refractivity contribution >= 4 is 15.9 Å². The van der Waals surface area contributed by atoms with Crippen LogP contribution < -0.4 is 10.5 Å². The summed E-state index contributed by atoms with van der Waals surface area (Å²) >= 11 is 3.57. The first-order valence-electron chi connectivity index (χ1n) is 7.52. The van der Waals surface area contributed by atoms with Crippen LogP contribution in [0.25, 0.3) is 0 Å². The van der Waals surface area contributed by atoms with E-state index in [1.165, 1.54) is 37.8 Å². The highest BCUT2D eigenvalue weighted by atomic mass is 79.9. The number of nitrogens with zero attached hydrogens (tertiary/aromatic N) is 1. The van der Waals surface area contributed by atoms with Crippen LogP contribution in [0.15, 0.2) is 22.7 Å². The molecule has 2 fully saturated rings. The van der Waals surface area contributed by atoms with E-state index in [0.29, 0.717) is 6.54 Å². The molecular formula is C16H23BrN2O. The van der Waals surface area contributed by atoms with Crippen molar-refractivity contribution in [2.45, 2.75) is 37.8 Å². The lowest BCUT2D eigenvalue weighted by Crippen LogP contribution is -2.37. The highest BCUT2D eigenvalue weighted by Crippen LogP contribution is 2.41. The molecule has 4 heteroatoms. The average molecular weight is 339 g/mol. The van der Waals surface area contributed by atoms with Crippen molar-refractivity contribution in [2.75, 3.05) is 20.2 Å². The molecule has 0 aromatic heterocycles. The lowest BCUT2D eigenvalue weighted by molar-refractivity contribution is 0.179. The second kappa shape index (κ2) is 6.04. The third-order valence-corrected chi connectivity index (χ3v) is 4.85. The number of ether oxygens (including phenoxy) is 1. The normalized spacial score (nSPS) is 20.2. The Hall–Kier alpha value is -0.580. The van der Waals surface area contributed by atoms with Gasteiger partial charge >= 0.3 is 0 Å². The van der Waals surface area contributed by atoms with Crippen LogP contribution in [0.3, 0.4) is 0 Å². The van der Waals surface area contributed by atoms with Gasteiger partial charge in [0.15, 0.2) is 0 Å². The fraction of sp³-hybridized carbons (Fsp3) is 0.625. The minimum absolute atomic E-state index is 0.274. The summed E-state index contributed by atoms with van der Waals surface area (Å²) in [5, 5.41) is 0. The van der Waals surface area contributed by atoms with E-state index in [1.54, 1.807) is 7.11 Å². The predicted molar refractivity (Wildman–Crippen MR) is 84.9 cm³/mol. The molecule has 0 amide bonds. The molecule has 1 aromatic carbocycles. The molecule has 0 bridgehead atoms. The highest BCUT2D eigenvalue weighted by molar-refractivity contribution is 9.10. The Kier molecular flexibility index (Phi) is 4.34. The van der Waals surface area contributed by atoms with Gasteiger partial charge in [-0.1, -0.05) is 15.9 Å². The molecule has 20 heavy (non-hydrogen) atoms. The lowest BCUT2D eigenvalue weighted by Gasteiger charge is -2.32. The van der Waals surface area contributed by atoms with Crippen LogP contribution in [-0.4, -0.2) is 31.1 Å². The standard InChI is InChI=1S/C16H23BrN2O/c1-20-16-7-4-12(17)8-14(16)15(9-18)19(13-5-6-13)10-11-2-3-11/h4,7-8,11,13,15H,2-3,5-6,9-10,18H2,1H3. The maximum atomic E-state index is 6.13. The molecular weight excluding hydrogens is 316 g/mol. The van der Waals surface area contributed by atoms with Crippen molar-refractivity contribution in [1.29, 1.82) is 0 Å². The molecule has 3 nitrogen and oxygen atoms in total. The summed E-state index contributed by atoms with van der Waals surface area (Å²) in [4.78, 5) is 2.63. The average Bonchev–Trinajstić information content (AvgIpc) is 3.32. The Morgan fingerprint density at radius 2 is 2.10 bits per heavy atom. The summed E-state index contributed by atoms with van der Waals surface area (Å²) < 4.78 is 6.64. The highest BCUT2D eigenvalue weighted by Gasteiger charge is 2.38. The van der Waals surface area contributed by atoms with Crippen molar-refractivity contribution in [1.82, 2.24) is 4.90 Å². The Bertz CT molecular complexity index is 472. The van der Waals surface area contributed by atoms with Crippen LogP contribution in [0.4, 0.5) is 0 Å². The molecule has 1 aromatic rings. The number of hydrogen-bond acceptors (Lipinski definition) is 3. The molecule has 2 saturated carbocycles. The quantitative estimate of drug-likeness (QED) is 0.828. The van der Waals surface area contributed by atoms with Gasteiger partial charge in [0.05, 0.1) is 13.2 Å². The van der Waals surface area contributed by atoms with Gasteiger partial charge in [0.1, 0.15) is 5.75 Å². The van der Waals surface area contributed by atoms with E-state index >= 15 is 0 Å². The van der Waals surface area contributed by atoms with E-state index in [1.807, 2.05) is 12.1 Å². The van der Waals surface area contributed by atoms with Crippen molar-refractivity contribution < 1.29 is 4.74 Å². The molecule has 2 aliphatic carbocycles. The molecule has 0 spiro atoms. The maximum Gasteiger partial charge on any atom is 0.123 e. The largest absolute Gasteiger partial charge is 0.496 e. The van der Waals surface area contributed by atoms with E-state index in [2.05, 4.69) is 26.9 Å². The lowest BCUT2D eigenvalue weighted by atomic mass is 10.0. The molecule has 110 valence electrons. The number of halogens is 1. The minimum atomic E-state index is 0.274. The number of methoxy groups -OCH3 is 1. The van der Waals surface area contributed by atoms with Gasteiger partial charge in [0, 0.05) is 29.2 Å². The van der Waals surface area contributed by atoms with Crippen molar-refractivity contribution in [3.05, 3.63) is 28.2 Å². The van der Waals surface area contributed by atoms with Gasteiger partial charge in [0.2, 0.25) is 0 Å². The van der Waals surface area contributed by atoms with Crippen LogP contribution in [0.1, 0.15) is 37.3 Å². The Balaban J connectivity index is 1.88. The number of hydrogen-bond donors (Lipinski definition) is 1. The fourth-order valence-electron chi connectivity index (χ4n) is 2.94. The smallest absolute Gasteiger partial charge is 0.123 e. The molecule has 0 aliphatic heterocycles. The fourth-order valence-corrected chi connectivity index (χ4v) is 3.32. The molecule has 0 heterocycles. The van der Waals surface area contributed by atoms with Gasteiger partial charge in [-0.25, -0.2) is 0 Å². The maximum absolute atomic E-state index is 6.13. The monoisotopic (exact) mass is 338 g/mol. The molecule has 3 rings (SSSR count). The van der Waals surface area contributed by atoms with Crippen LogP contribution in [0.2, 0.25) is 0 Å². The Morgan fingerprint density at radius 1 is 1.35 bits per heavy atom. The van der Waals surface area contributed by atoms with Crippen LogP contribution >= 0.6 is 15.9 Å². The molecule has 1 atom stereocenters. The van der Waals surface area contributed by atoms with Crippen molar-refractivity contribution in [3.8, 4) is 5.75 Å². The molecule has 0 radical (unpaired) electrons. The third kappa shape index (κ3) is 3.18. The van der Waals surface area contributed by atoms with Gasteiger partial charge in [-0.3, -0.25) is 4.90 Å². The number of nitrogens with two attached hydrogens (primary N) is 1. The number of benzene rings is 1. The minimum Gasteiger partial charge on any atom is -0.496 e. The van der Waals surface area contributed by atoms with Gasteiger partial charge < -0.3 is 10.5 Å². The summed E-state index contributed by atoms with van der Waals surface area (Å²) in [6.07, 6.45) is 5.41. The zero-order chi connectivity index (χ0) is 14.1. The second-order valence-electron chi connectivity index (χ2n) is 6.01. The second-order valence-corrected chi connectivity index (χ2v) is 6.92. The van der Waals surface area contributed by atoms with E-state index < -0.39 is 0 Å². The summed E-state index contributed by atoms with van der Waals surface area (Å²) in [6.45, 7) is 1.85. The molecule has 2 aliphatic rings. The molecule has 1 unspecified atom stereocenters. The molecule has 2 N–H and O–H groups in total. The summed E-state index contributed by atoms with van der Waals surface area (Å²) in [5.74, 6) is 1.84. The summed E-state index contributed by atoms with van der Waals surface area (Å²) in [5.41, 5.74) is 7.35. The molecule has 0 saturated heterocycles. The van der Waals surface area contributed by atoms with Gasteiger partial charge in [-0.15, -0.1) is 0 Å². The first-order chi connectivity index (χ1) is 9.72. The van der Waals surface area contributed by atoms with E-state index in [0.717, 1.165) is 22.2 Å². The van der Waals surface area contributed by atoms with Crippen molar-refractivity contribution in [2.24, 2.45) is 11.7 Å². The first kappa shape index (κ1) is 14.4. The Labute approximate surface area is 129 Å². The Morgan fingerprint density at radius 3 is 2.65 bits per heavy atom. The zero-order valence-electron chi connectivity index (χ0n) is 12.0. The predicted octanol–water partition coefficient (Wildman–Crippen LogP) is 3.33. The first-order valence-corrected chi connectivity index (χ1v) is 8.31. The summed E-state index contributed by atoms with van der Waals surface area (Å²) in [7, 11) is 1.74. The van der Waals surface area contributed by atoms with E-state index in [9.17, 15) is 0 Å². The van der Waals surface area contributed by atoms with Gasteiger partial charge in [-0.2, -0.15) is 0 Å². The van der Waals surface area contributed by atoms with Gasteiger partial charge in [0.25, 0.3) is 0 Å². The van der Waals surface area contributed by atoms with E-state index in [4.69, 9.17) is 10.5 Å². The SMILES string of the molecule is COc1ccc(Br)cc1C(CN)N(CC1CC1)C1CC1. The van der Waals surface area contributed by atoms with E-state index in [-0.39, 0.29) is 6.04 Å². The van der Waals surface area contributed by atoms with Crippen LogP contribution in [-0.2, 0) is 0 Å². The van der Waals surface area contributed by atoms with Crippen molar-refractivity contribution in [3.63, 3.8) is 0 Å². The van der Waals surface area contributed by atoms with Gasteiger partial charge in [-0.05, 0) is 49.8 Å². The van der Waals surface area contributed by atoms with Crippen LogP contribution in [0.5, 0.6) is 5.75 Å². The number of rotatable bonds is 7.